The molecular formula is C25H24N6O3. The maximum Gasteiger partial charge on any atom is 0.255 e. The summed E-state index contributed by atoms with van der Waals surface area (Å²) >= 11 is 0. The molecule has 5 rings (SSSR count). The molecule has 1 N–H and O–H groups in total. The zero-order valence-corrected chi connectivity index (χ0v) is 18.9. The van der Waals surface area contributed by atoms with E-state index in [9.17, 15) is 4.79 Å². The first kappa shape index (κ1) is 21.6. The van der Waals surface area contributed by atoms with Gasteiger partial charge in [0.15, 0.2) is 0 Å². The number of methoxy groups -OCH3 is 2. The molecule has 0 aliphatic heterocycles. The van der Waals surface area contributed by atoms with E-state index >= 15 is 0 Å². The summed E-state index contributed by atoms with van der Waals surface area (Å²) in [4.78, 5) is 26.3. The van der Waals surface area contributed by atoms with Gasteiger partial charge < -0.3 is 14.8 Å². The Morgan fingerprint density at radius 3 is 2.74 bits per heavy atom. The van der Waals surface area contributed by atoms with Gasteiger partial charge in [-0.2, -0.15) is 5.10 Å². The van der Waals surface area contributed by atoms with Gasteiger partial charge in [0.2, 0.25) is 0 Å². The molecule has 3 aromatic heterocycles. The van der Waals surface area contributed by atoms with E-state index in [0.29, 0.717) is 35.2 Å². The Hall–Kier alpha value is -4.27. The summed E-state index contributed by atoms with van der Waals surface area (Å²) in [5, 5.41) is 7.46. The van der Waals surface area contributed by atoms with Crippen LogP contribution in [0.15, 0.2) is 61.2 Å². The highest BCUT2D eigenvalue weighted by molar-refractivity contribution is 5.95. The topological polar surface area (TPSA) is 104 Å². The molecule has 3 heterocycles. The van der Waals surface area contributed by atoms with Crippen LogP contribution < -0.4 is 14.8 Å². The second-order valence-electron chi connectivity index (χ2n) is 7.98. The molecule has 172 valence electrons. The summed E-state index contributed by atoms with van der Waals surface area (Å²) < 4.78 is 12.6. The van der Waals surface area contributed by atoms with Crippen molar-refractivity contribution < 1.29 is 14.3 Å². The van der Waals surface area contributed by atoms with Crippen molar-refractivity contribution in [2.75, 3.05) is 14.2 Å². The van der Waals surface area contributed by atoms with Crippen LogP contribution in [0.3, 0.4) is 0 Å². The number of amides is 1. The minimum Gasteiger partial charge on any atom is -0.497 e. The molecule has 0 bridgehead atoms. The maximum atomic E-state index is 13.0. The number of nitrogens with one attached hydrogen (secondary N) is 1. The van der Waals surface area contributed by atoms with E-state index in [-0.39, 0.29) is 11.8 Å². The standard InChI is InChI=1S/C25H24N6O3/c1-33-18-7-8-22(34-2)19(12-18)21-9-11-27-25(30-21)31-23(17-5-6-17)20(15-29-31)24(32)28-14-16-4-3-10-26-13-16/h3-4,7-13,15,17H,5-6,14H2,1-2H3,(H,28,32). The summed E-state index contributed by atoms with van der Waals surface area (Å²) in [6.45, 7) is 0.392. The van der Waals surface area contributed by atoms with Crippen molar-refractivity contribution >= 4 is 5.91 Å². The summed E-state index contributed by atoms with van der Waals surface area (Å²) in [5.74, 6) is 1.84. The smallest absolute Gasteiger partial charge is 0.255 e. The number of carbonyl (C=O) groups excluding carboxylic acids is 1. The third-order valence-electron chi connectivity index (χ3n) is 5.71. The zero-order valence-electron chi connectivity index (χ0n) is 18.9. The average molecular weight is 457 g/mol. The predicted octanol–water partition coefficient (Wildman–Crippen LogP) is 3.55. The molecule has 1 amide bonds. The van der Waals surface area contributed by atoms with Gasteiger partial charge in [0.1, 0.15) is 11.5 Å². The highest BCUT2D eigenvalue weighted by atomic mass is 16.5. The van der Waals surface area contributed by atoms with Gasteiger partial charge in [-0.05, 0) is 48.7 Å². The number of benzene rings is 1. The van der Waals surface area contributed by atoms with E-state index in [1.54, 1.807) is 43.7 Å². The van der Waals surface area contributed by atoms with Crippen molar-refractivity contribution in [3.05, 3.63) is 78.0 Å². The molecule has 34 heavy (non-hydrogen) atoms. The molecule has 9 nitrogen and oxygen atoms in total. The van der Waals surface area contributed by atoms with Gasteiger partial charge in [-0.3, -0.25) is 9.78 Å². The molecule has 0 atom stereocenters. The summed E-state index contributed by atoms with van der Waals surface area (Å²) in [7, 11) is 3.23. The van der Waals surface area contributed by atoms with Crippen LogP contribution in [0.1, 0.15) is 40.4 Å². The van der Waals surface area contributed by atoms with Gasteiger partial charge in [0.25, 0.3) is 11.9 Å². The lowest BCUT2D eigenvalue weighted by Crippen LogP contribution is -2.24. The lowest BCUT2D eigenvalue weighted by atomic mass is 10.1. The number of carbonyl (C=O) groups is 1. The molecule has 1 aliphatic carbocycles. The van der Waals surface area contributed by atoms with Crippen LogP contribution in [0.2, 0.25) is 0 Å². The quantitative estimate of drug-likeness (QED) is 0.432. The van der Waals surface area contributed by atoms with E-state index in [4.69, 9.17) is 14.5 Å². The Balaban J connectivity index is 1.47. The number of pyridine rings is 1. The molecule has 1 aromatic carbocycles. The lowest BCUT2D eigenvalue weighted by molar-refractivity contribution is 0.0950. The fourth-order valence-electron chi connectivity index (χ4n) is 3.84. The molecule has 0 spiro atoms. The zero-order chi connectivity index (χ0) is 23.5. The fourth-order valence-corrected chi connectivity index (χ4v) is 3.84. The average Bonchev–Trinajstić information content (AvgIpc) is 3.64. The van der Waals surface area contributed by atoms with Gasteiger partial charge in [0.05, 0.1) is 37.4 Å². The van der Waals surface area contributed by atoms with Gasteiger partial charge in [-0.1, -0.05) is 6.07 Å². The van der Waals surface area contributed by atoms with Crippen molar-refractivity contribution in [1.82, 2.24) is 30.0 Å². The van der Waals surface area contributed by atoms with E-state index in [1.165, 1.54) is 0 Å². The Labute approximate surface area is 196 Å². The number of hydrogen-bond acceptors (Lipinski definition) is 7. The van der Waals surface area contributed by atoms with E-state index in [0.717, 1.165) is 29.7 Å². The first-order chi connectivity index (χ1) is 16.7. The second-order valence-corrected chi connectivity index (χ2v) is 7.98. The predicted molar refractivity (Wildman–Crippen MR) is 125 cm³/mol. The number of hydrogen-bond donors (Lipinski definition) is 1. The van der Waals surface area contributed by atoms with Gasteiger partial charge >= 0.3 is 0 Å². The maximum absolute atomic E-state index is 13.0. The monoisotopic (exact) mass is 456 g/mol. The number of nitrogens with zero attached hydrogens (tertiary/aromatic N) is 5. The Morgan fingerprint density at radius 1 is 1.12 bits per heavy atom. The Kier molecular flexibility index (Phi) is 5.90. The molecular weight excluding hydrogens is 432 g/mol. The van der Waals surface area contributed by atoms with E-state index in [2.05, 4.69) is 20.4 Å². The summed E-state index contributed by atoms with van der Waals surface area (Å²) in [6, 6.07) is 11.1. The highest BCUT2D eigenvalue weighted by Gasteiger charge is 2.33. The van der Waals surface area contributed by atoms with Gasteiger partial charge in [-0.25, -0.2) is 14.6 Å². The summed E-state index contributed by atoms with van der Waals surface area (Å²) in [5.41, 5.74) is 3.75. The van der Waals surface area contributed by atoms with Crippen molar-refractivity contribution in [2.45, 2.75) is 25.3 Å². The molecule has 1 saturated carbocycles. The molecule has 9 heteroatoms. The molecule has 1 aliphatic rings. The molecule has 0 unspecified atom stereocenters. The second kappa shape index (κ2) is 9.30. The molecule has 1 fully saturated rings. The van der Waals surface area contributed by atoms with Crippen LogP contribution in [-0.2, 0) is 6.54 Å². The Morgan fingerprint density at radius 2 is 2.00 bits per heavy atom. The first-order valence-corrected chi connectivity index (χ1v) is 11.0. The minimum atomic E-state index is -0.178. The normalized spacial score (nSPS) is 12.9. The molecule has 0 radical (unpaired) electrons. The van der Waals surface area contributed by atoms with Crippen molar-refractivity contribution in [1.29, 1.82) is 0 Å². The van der Waals surface area contributed by atoms with Crippen molar-refractivity contribution in [2.24, 2.45) is 0 Å². The lowest BCUT2D eigenvalue weighted by Gasteiger charge is -2.12. The minimum absolute atomic E-state index is 0.178. The third kappa shape index (κ3) is 4.32. The number of ether oxygens (including phenoxy) is 2. The fraction of sp³-hybridized carbons (Fsp3) is 0.240. The number of rotatable bonds is 8. The van der Waals surface area contributed by atoms with Gasteiger partial charge in [-0.15, -0.1) is 0 Å². The first-order valence-electron chi connectivity index (χ1n) is 11.0. The van der Waals surface area contributed by atoms with Crippen LogP contribution in [0.25, 0.3) is 17.2 Å². The van der Waals surface area contributed by atoms with Crippen LogP contribution in [0.5, 0.6) is 11.5 Å². The van der Waals surface area contributed by atoms with Gasteiger partial charge in [0, 0.05) is 36.6 Å². The van der Waals surface area contributed by atoms with E-state index in [1.807, 2.05) is 36.4 Å². The molecule has 0 saturated heterocycles. The largest absolute Gasteiger partial charge is 0.497 e. The van der Waals surface area contributed by atoms with Crippen LogP contribution in [-0.4, -0.2) is 44.9 Å². The molecule has 4 aromatic rings. The Bertz CT molecular complexity index is 1320. The van der Waals surface area contributed by atoms with Crippen molar-refractivity contribution in [3.63, 3.8) is 0 Å². The highest BCUT2D eigenvalue weighted by Crippen LogP contribution is 2.42. The van der Waals surface area contributed by atoms with E-state index < -0.39 is 0 Å². The van der Waals surface area contributed by atoms with Crippen LogP contribution in [0, 0.1) is 0 Å². The third-order valence-corrected chi connectivity index (χ3v) is 5.71. The van der Waals surface area contributed by atoms with Crippen LogP contribution in [0.4, 0.5) is 0 Å². The van der Waals surface area contributed by atoms with Crippen LogP contribution >= 0.6 is 0 Å². The number of aromatic nitrogens is 5. The SMILES string of the molecule is COc1ccc(OC)c(-c2ccnc(-n3ncc(C(=O)NCc4cccnc4)c3C3CC3)n2)c1. The van der Waals surface area contributed by atoms with Crippen molar-refractivity contribution in [3.8, 4) is 28.7 Å². The summed E-state index contributed by atoms with van der Waals surface area (Å²) in [6.07, 6.45) is 8.70.